The summed E-state index contributed by atoms with van der Waals surface area (Å²) in [5, 5.41) is 5.49. The summed E-state index contributed by atoms with van der Waals surface area (Å²) in [4.78, 5) is 24.8. The Labute approximate surface area is 139 Å². The molecule has 0 aromatic heterocycles. The van der Waals surface area contributed by atoms with Gasteiger partial charge >= 0.3 is 12.2 Å². The number of rotatable bonds is 4. The number of alkyl halides is 3. The molecule has 4 N–H and O–H groups in total. The summed E-state index contributed by atoms with van der Waals surface area (Å²) < 4.78 is 38.4. The first-order valence-electron chi connectivity index (χ1n) is 8.38. The fourth-order valence-corrected chi connectivity index (χ4v) is 3.49. The minimum Gasteiger partial charge on any atom is -0.369 e. The van der Waals surface area contributed by atoms with Crippen molar-refractivity contribution in [3.05, 3.63) is 0 Å². The molecule has 0 radical (unpaired) electrons. The third-order valence-corrected chi connectivity index (χ3v) is 4.77. The van der Waals surface area contributed by atoms with Crippen molar-refractivity contribution in [3.8, 4) is 0 Å². The normalized spacial score (nSPS) is 26.8. The van der Waals surface area contributed by atoms with Gasteiger partial charge < -0.3 is 16.4 Å². The van der Waals surface area contributed by atoms with Crippen molar-refractivity contribution in [2.24, 2.45) is 11.7 Å². The molecule has 9 heteroatoms. The van der Waals surface area contributed by atoms with Gasteiger partial charge in [-0.05, 0) is 32.1 Å². The van der Waals surface area contributed by atoms with E-state index in [0.29, 0.717) is 38.8 Å². The maximum Gasteiger partial charge on any atom is 0.391 e. The lowest BCUT2D eigenvalue weighted by Gasteiger charge is -2.33. The van der Waals surface area contributed by atoms with Crippen LogP contribution in [-0.4, -0.2) is 54.7 Å². The second kappa shape index (κ2) is 8.04. The van der Waals surface area contributed by atoms with Crippen LogP contribution in [0.1, 0.15) is 38.5 Å². The van der Waals surface area contributed by atoms with Gasteiger partial charge in [0.15, 0.2) is 0 Å². The quantitative estimate of drug-likeness (QED) is 0.715. The smallest absolute Gasteiger partial charge is 0.369 e. The van der Waals surface area contributed by atoms with Crippen LogP contribution in [-0.2, 0) is 4.79 Å². The lowest BCUT2D eigenvalue weighted by molar-refractivity contribution is -0.183. The van der Waals surface area contributed by atoms with Crippen molar-refractivity contribution >= 4 is 11.9 Å². The zero-order valence-electron chi connectivity index (χ0n) is 13.6. The number of piperidine rings is 1. The van der Waals surface area contributed by atoms with Crippen LogP contribution in [0.2, 0.25) is 0 Å². The molecule has 1 aliphatic carbocycles. The Hall–Kier alpha value is -1.51. The summed E-state index contributed by atoms with van der Waals surface area (Å²) in [6.45, 7) is 1.53. The number of nitrogens with two attached hydrogens (primary N) is 1. The Morgan fingerprint density at radius 2 is 1.67 bits per heavy atom. The lowest BCUT2D eigenvalue weighted by atomic mass is 9.85. The molecular weight excluding hydrogens is 325 g/mol. The summed E-state index contributed by atoms with van der Waals surface area (Å²) in [6.07, 6.45) is -1.66. The molecule has 1 aliphatic heterocycles. The van der Waals surface area contributed by atoms with Gasteiger partial charge in [-0.2, -0.15) is 13.2 Å². The largest absolute Gasteiger partial charge is 0.391 e. The Morgan fingerprint density at radius 1 is 1.04 bits per heavy atom. The van der Waals surface area contributed by atoms with Gasteiger partial charge in [-0.3, -0.25) is 9.69 Å². The Bertz CT molecular complexity index is 450. The van der Waals surface area contributed by atoms with E-state index >= 15 is 0 Å². The Balaban J connectivity index is 1.71. The lowest BCUT2D eigenvalue weighted by Crippen LogP contribution is -2.51. The van der Waals surface area contributed by atoms with Gasteiger partial charge in [0.2, 0.25) is 5.91 Å². The molecule has 1 saturated carbocycles. The van der Waals surface area contributed by atoms with Gasteiger partial charge in [0.05, 0.1) is 12.5 Å². The van der Waals surface area contributed by atoms with Crippen molar-refractivity contribution in [2.75, 3.05) is 19.6 Å². The monoisotopic (exact) mass is 350 g/mol. The number of primary amides is 1. The van der Waals surface area contributed by atoms with E-state index in [9.17, 15) is 22.8 Å². The topological polar surface area (TPSA) is 87.5 Å². The van der Waals surface area contributed by atoms with Crippen LogP contribution in [0.5, 0.6) is 0 Å². The molecule has 0 spiro atoms. The molecule has 2 aliphatic rings. The van der Waals surface area contributed by atoms with Gasteiger partial charge in [0.25, 0.3) is 0 Å². The summed E-state index contributed by atoms with van der Waals surface area (Å²) >= 11 is 0. The number of halogens is 3. The van der Waals surface area contributed by atoms with E-state index < -0.39 is 24.2 Å². The summed E-state index contributed by atoms with van der Waals surface area (Å²) in [5.41, 5.74) is 5.14. The average molecular weight is 350 g/mol. The first kappa shape index (κ1) is 18.8. The van der Waals surface area contributed by atoms with Crippen LogP contribution in [0.15, 0.2) is 0 Å². The molecule has 24 heavy (non-hydrogen) atoms. The van der Waals surface area contributed by atoms with E-state index in [4.69, 9.17) is 5.73 Å². The van der Waals surface area contributed by atoms with Gasteiger partial charge in [0.1, 0.15) is 0 Å². The number of hydrogen-bond acceptors (Lipinski definition) is 3. The van der Waals surface area contributed by atoms with Crippen molar-refractivity contribution in [2.45, 2.75) is 56.8 Å². The molecule has 0 bridgehead atoms. The zero-order chi connectivity index (χ0) is 17.7. The molecule has 3 amide bonds. The van der Waals surface area contributed by atoms with Crippen LogP contribution in [0.3, 0.4) is 0 Å². The van der Waals surface area contributed by atoms with Crippen LogP contribution >= 0.6 is 0 Å². The number of carbonyl (C=O) groups is 2. The van der Waals surface area contributed by atoms with E-state index in [2.05, 4.69) is 10.6 Å². The third kappa shape index (κ3) is 5.85. The van der Waals surface area contributed by atoms with Gasteiger partial charge in [-0.15, -0.1) is 0 Å². The minimum atomic E-state index is -4.19. The second-order valence-corrected chi connectivity index (χ2v) is 6.74. The van der Waals surface area contributed by atoms with Crippen molar-refractivity contribution in [3.63, 3.8) is 0 Å². The maximum atomic E-state index is 12.8. The molecule has 2 fully saturated rings. The predicted octanol–water partition coefficient (Wildman–Crippen LogP) is 1.36. The highest BCUT2D eigenvalue weighted by Crippen LogP contribution is 2.37. The number of carbonyl (C=O) groups excluding carboxylic acids is 2. The number of nitrogens with zero attached hydrogens (tertiary/aromatic N) is 1. The molecule has 1 saturated heterocycles. The molecule has 2 rings (SSSR count). The highest BCUT2D eigenvalue weighted by molar-refractivity contribution is 5.76. The number of likely N-dealkylation sites (tertiary alicyclic amines) is 1. The van der Waals surface area contributed by atoms with E-state index in [-0.39, 0.29) is 31.3 Å². The van der Waals surface area contributed by atoms with Gasteiger partial charge in [-0.1, -0.05) is 6.42 Å². The van der Waals surface area contributed by atoms with Crippen LogP contribution in [0.25, 0.3) is 0 Å². The minimum absolute atomic E-state index is 0.0314. The second-order valence-electron chi connectivity index (χ2n) is 6.74. The summed E-state index contributed by atoms with van der Waals surface area (Å²) in [7, 11) is 0. The predicted molar refractivity (Wildman–Crippen MR) is 82.1 cm³/mol. The highest BCUT2D eigenvalue weighted by atomic mass is 19.4. The van der Waals surface area contributed by atoms with Gasteiger partial charge in [0, 0.05) is 25.2 Å². The van der Waals surface area contributed by atoms with Crippen LogP contribution < -0.4 is 16.4 Å². The Kier molecular flexibility index (Phi) is 6.31. The fourth-order valence-electron chi connectivity index (χ4n) is 3.49. The molecule has 1 heterocycles. The van der Waals surface area contributed by atoms with E-state index in [1.807, 2.05) is 4.90 Å². The molecule has 6 nitrogen and oxygen atoms in total. The van der Waals surface area contributed by atoms with Crippen LogP contribution in [0, 0.1) is 5.92 Å². The summed E-state index contributed by atoms with van der Waals surface area (Å²) in [5.74, 6) is -1.70. The molecule has 0 aromatic rings. The molecular formula is C15H25F3N4O2. The fraction of sp³-hybridized carbons (Fsp3) is 0.867. The number of amides is 3. The molecule has 2 atom stereocenters. The maximum absolute atomic E-state index is 12.8. The molecule has 138 valence electrons. The molecule has 0 unspecified atom stereocenters. The number of nitrogens with one attached hydrogen (secondary N) is 2. The van der Waals surface area contributed by atoms with Crippen LogP contribution in [0.4, 0.5) is 18.0 Å². The molecule has 0 aromatic carbocycles. The van der Waals surface area contributed by atoms with Crippen molar-refractivity contribution < 1.29 is 22.8 Å². The SMILES string of the molecule is NC(=O)CN1CCC(NC(=O)N[C@H]2CCC[C@@H](C(F)(F)F)C2)CC1. The van der Waals surface area contributed by atoms with Crippen molar-refractivity contribution in [1.82, 2.24) is 15.5 Å². The average Bonchev–Trinajstić information content (AvgIpc) is 2.48. The Morgan fingerprint density at radius 3 is 2.25 bits per heavy atom. The highest BCUT2D eigenvalue weighted by Gasteiger charge is 2.42. The first-order valence-corrected chi connectivity index (χ1v) is 8.38. The van der Waals surface area contributed by atoms with Gasteiger partial charge in [-0.25, -0.2) is 4.79 Å². The van der Waals surface area contributed by atoms with Crippen molar-refractivity contribution in [1.29, 1.82) is 0 Å². The standard InChI is InChI=1S/C15H25F3N4O2/c16-15(17,18)10-2-1-3-12(8-10)21-14(24)20-11-4-6-22(7-5-11)9-13(19)23/h10-12H,1-9H2,(H2,19,23)(H2,20,21,24)/t10-,12+/m1/s1. The third-order valence-electron chi connectivity index (χ3n) is 4.77. The first-order chi connectivity index (χ1) is 11.2. The van der Waals surface area contributed by atoms with E-state index in [1.54, 1.807) is 0 Å². The number of hydrogen-bond donors (Lipinski definition) is 3. The summed E-state index contributed by atoms with van der Waals surface area (Å²) in [6, 6.07) is -0.868. The van der Waals surface area contributed by atoms with E-state index in [0.717, 1.165) is 0 Å². The zero-order valence-corrected chi connectivity index (χ0v) is 13.6. The van der Waals surface area contributed by atoms with E-state index in [1.165, 1.54) is 0 Å². The number of urea groups is 1.